The standard InChI is InChI=1S/C18H22O2/c1-17-11-9-16(19)12-15(17)8-5-10-18(17,20)13-14-6-3-2-4-7-14/h2-4,6-8,20H,5,9-13H2,1H3. The highest BCUT2D eigenvalue weighted by atomic mass is 16.3. The summed E-state index contributed by atoms with van der Waals surface area (Å²) in [6, 6.07) is 10.2. The van der Waals surface area contributed by atoms with Crippen molar-refractivity contribution >= 4 is 5.78 Å². The van der Waals surface area contributed by atoms with Gasteiger partial charge in [0, 0.05) is 24.7 Å². The van der Waals surface area contributed by atoms with Gasteiger partial charge in [-0.25, -0.2) is 0 Å². The van der Waals surface area contributed by atoms with E-state index in [-0.39, 0.29) is 5.41 Å². The Morgan fingerprint density at radius 1 is 1.20 bits per heavy atom. The van der Waals surface area contributed by atoms with Crippen molar-refractivity contribution in [3.8, 4) is 0 Å². The van der Waals surface area contributed by atoms with Gasteiger partial charge in [-0.15, -0.1) is 0 Å². The van der Waals surface area contributed by atoms with Crippen LogP contribution in [0.25, 0.3) is 0 Å². The van der Waals surface area contributed by atoms with Gasteiger partial charge in [0.1, 0.15) is 5.78 Å². The zero-order valence-corrected chi connectivity index (χ0v) is 12.1. The topological polar surface area (TPSA) is 37.3 Å². The van der Waals surface area contributed by atoms with Crippen LogP contribution < -0.4 is 0 Å². The molecule has 2 atom stereocenters. The van der Waals surface area contributed by atoms with Gasteiger partial charge in [0.2, 0.25) is 0 Å². The quantitative estimate of drug-likeness (QED) is 0.836. The molecule has 1 fully saturated rings. The third-order valence-corrected chi connectivity index (χ3v) is 5.32. The number of ketones is 1. The van der Waals surface area contributed by atoms with Crippen molar-refractivity contribution in [2.75, 3.05) is 0 Å². The molecule has 0 amide bonds. The predicted octanol–water partition coefficient (Wildman–Crippen LogP) is 3.44. The van der Waals surface area contributed by atoms with Crippen LogP contribution in [0.3, 0.4) is 0 Å². The lowest BCUT2D eigenvalue weighted by Gasteiger charge is -2.51. The summed E-state index contributed by atoms with van der Waals surface area (Å²) in [7, 11) is 0. The monoisotopic (exact) mass is 270 g/mol. The van der Waals surface area contributed by atoms with Crippen LogP contribution in [0.4, 0.5) is 0 Å². The molecule has 2 heteroatoms. The molecule has 1 N–H and O–H groups in total. The molecule has 0 spiro atoms. The van der Waals surface area contributed by atoms with E-state index >= 15 is 0 Å². The molecule has 0 aliphatic heterocycles. The first-order valence-electron chi connectivity index (χ1n) is 7.51. The van der Waals surface area contributed by atoms with Crippen molar-refractivity contribution in [2.24, 2.45) is 5.41 Å². The number of benzene rings is 1. The number of carbonyl (C=O) groups is 1. The Bertz CT molecular complexity index is 546. The van der Waals surface area contributed by atoms with E-state index in [2.05, 4.69) is 25.1 Å². The van der Waals surface area contributed by atoms with Gasteiger partial charge >= 0.3 is 0 Å². The van der Waals surface area contributed by atoms with Gasteiger partial charge in [-0.3, -0.25) is 4.79 Å². The van der Waals surface area contributed by atoms with E-state index in [0.29, 0.717) is 25.0 Å². The first-order valence-corrected chi connectivity index (χ1v) is 7.51. The number of aliphatic hydroxyl groups is 1. The second-order valence-corrected chi connectivity index (χ2v) is 6.51. The van der Waals surface area contributed by atoms with Crippen molar-refractivity contribution in [3.05, 3.63) is 47.5 Å². The minimum absolute atomic E-state index is 0.241. The van der Waals surface area contributed by atoms with Gasteiger partial charge in [0.05, 0.1) is 5.60 Å². The summed E-state index contributed by atoms with van der Waals surface area (Å²) in [5.41, 5.74) is 1.38. The second kappa shape index (κ2) is 4.85. The zero-order chi connectivity index (χ0) is 14.2. The molecule has 106 valence electrons. The first kappa shape index (κ1) is 13.6. The molecule has 1 aromatic rings. The number of Topliss-reactive ketones (excluding diaryl/α,β-unsaturated/α-hetero) is 1. The summed E-state index contributed by atoms with van der Waals surface area (Å²) in [6.45, 7) is 2.15. The van der Waals surface area contributed by atoms with Crippen LogP contribution in [-0.2, 0) is 11.2 Å². The highest BCUT2D eigenvalue weighted by molar-refractivity contribution is 5.82. The average Bonchev–Trinajstić information content (AvgIpc) is 2.43. The van der Waals surface area contributed by atoms with Gasteiger partial charge in [-0.2, -0.15) is 0 Å². The van der Waals surface area contributed by atoms with E-state index < -0.39 is 5.60 Å². The number of hydrogen-bond donors (Lipinski definition) is 1. The van der Waals surface area contributed by atoms with E-state index in [9.17, 15) is 9.90 Å². The second-order valence-electron chi connectivity index (χ2n) is 6.51. The van der Waals surface area contributed by atoms with Crippen LogP contribution in [0.5, 0.6) is 0 Å². The molecule has 1 saturated carbocycles. The van der Waals surface area contributed by atoms with Crippen LogP contribution in [0.15, 0.2) is 42.0 Å². The maximum Gasteiger partial charge on any atom is 0.136 e. The number of carbonyl (C=O) groups excluding carboxylic acids is 1. The molecule has 2 aliphatic rings. The lowest BCUT2D eigenvalue weighted by molar-refractivity contribution is -0.126. The molecule has 2 unspecified atom stereocenters. The summed E-state index contributed by atoms with van der Waals surface area (Å²) in [6.07, 6.45) is 6.45. The molecule has 0 bridgehead atoms. The lowest BCUT2D eigenvalue weighted by atomic mass is 9.56. The molecule has 3 rings (SSSR count). The normalized spacial score (nSPS) is 33.5. The molecule has 2 nitrogen and oxygen atoms in total. The highest BCUT2D eigenvalue weighted by Gasteiger charge is 2.52. The van der Waals surface area contributed by atoms with Crippen molar-refractivity contribution in [1.82, 2.24) is 0 Å². The van der Waals surface area contributed by atoms with E-state index in [0.717, 1.165) is 19.3 Å². The van der Waals surface area contributed by atoms with E-state index in [1.54, 1.807) is 0 Å². The van der Waals surface area contributed by atoms with Gasteiger partial charge in [0.15, 0.2) is 0 Å². The molecule has 20 heavy (non-hydrogen) atoms. The number of hydrogen-bond acceptors (Lipinski definition) is 2. The minimum atomic E-state index is -0.723. The molecule has 0 saturated heterocycles. The Kier molecular flexibility index (Phi) is 3.29. The molecule has 0 heterocycles. The smallest absolute Gasteiger partial charge is 0.136 e. The van der Waals surface area contributed by atoms with Crippen LogP contribution >= 0.6 is 0 Å². The SMILES string of the molecule is CC12CCC(=O)CC1=CCCC2(O)Cc1ccccc1. The van der Waals surface area contributed by atoms with Gasteiger partial charge in [-0.05, 0) is 24.8 Å². The number of rotatable bonds is 2. The number of allylic oxidation sites excluding steroid dienone is 1. The van der Waals surface area contributed by atoms with E-state index in [4.69, 9.17) is 0 Å². The van der Waals surface area contributed by atoms with Gasteiger partial charge < -0.3 is 5.11 Å². The van der Waals surface area contributed by atoms with Crippen LogP contribution in [0.2, 0.25) is 0 Å². The third kappa shape index (κ3) is 2.12. The fourth-order valence-corrected chi connectivity index (χ4v) is 3.85. The van der Waals surface area contributed by atoms with Crippen molar-refractivity contribution in [2.45, 2.75) is 51.0 Å². The van der Waals surface area contributed by atoms with Crippen LogP contribution in [0.1, 0.15) is 44.6 Å². The summed E-state index contributed by atoms with van der Waals surface area (Å²) in [4.78, 5) is 11.7. The predicted molar refractivity (Wildman–Crippen MR) is 79.4 cm³/mol. The molecular weight excluding hydrogens is 248 g/mol. The maximum absolute atomic E-state index is 11.7. The molecular formula is C18H22O2. The van der Waals surface area contributed by atoms with Gasteiger partial charge in [-0.1, -0.05) is 48.9 Å². The Morgan fingerprint density at radius 3 is 2.70 bits per heavy atom. The fraction of sp³-hybridized carbons (Fsp3) is 0.500. The Morgan fingerprint density at radius 2 is 1.95 bits per heavy atom. The third-order valence-electron chi connectivity index (χ3n) is 5.32. The maximum atomic E-state index is 11.7. The summed E-state index contributed by atoms with van der Waals surface area (Å²) in [5, 5.41) is 11.3. The van der Waals surface area contributed by atoms with Gasteiger partial charge in [0.25, 0.3) is 0 Å². The van der Waals surface area contributed by atoms with Crippen LogP contribution in [-0.4, -0.2) is 16.5 Å². The first-order chi connectivity index (χ1) is 9.53. The minimum Gasteiger partial charge on any atom is -0.389 e. The summed E-state index contributed by atoms with van der Waals surface area (Å²) < 4.78 is 0. The lowest BCUT2D eigenvalue weighted by Crippen LogP contribution is -2.53. The van der Waals surface area contributed by atoms with Crippen LogP contribution in [0, 0.1) is 5.41 Å². The molecule has 0 radical (unpaired) electrons. The van der Waals surface area contributed by atoms with Crippen molar-refractivity contribution < 1.29 is 9.90 Å². The van der Waals surface area contributed by atoms with E-state index in [1.165, 1.54) is 11.1 Å². The number of fused-ring (bicyclic) bond motifs is 1. The van der Waals surface area contributed by atoms with E-state index in [1.807, 2.05) is 18.2 Å². The average molecular weight is 270 g/mol. The zero-order valence-electron chi connectivity index (χ0n) is 12.1. The fourth-order valence-electron chi connectivity index (χ4n) is 3.85. The summed E-state index contributed by atoms with van der Waals surface area (Å²) >= 11 is 0. The Hall–Kier alpha value is -1.41. The Labute approximate surface area is 120 Å². The van der Waals surface area contributed by atoms with Crippen molar-refractivity contribution in [1.29, 1.82) is 0 Å². The molecule has 0 aromatic heterocycles. The molecule has 1 aromatic carbocycles. The van der Waals surface area contributed by atoms with Crippen molar-refractivity contribution in [3.63, 3.8) is 0 Å². The Balaban J connectivity index is 1.93. The largest absolute Gasteiger partial charge is 0.389 e. The highest BCUT2D eigenvalue weighted by Crippen LogP contribution is 2.53. The summed E-state index contributed by atoms with van der Waals surface area (Å²) in [5.74, 6) is 0.317. The molecule has 2 aliphatic carbocycles.